The highest BCUT2D eigenvalue weighted by Gasteiger charge is 2.18. The van der Waals surface area contributed by atoms with Crippen LogP contribution < -0.4 is 0 Å². The Balaban J connectivity index is 1.12. The second kappa shape index (κ2) is 11.5. The molecular formula is C48H32N2. The minimum atomic E-state index is -0.393. The van der Waals surface area contributed by atoms with E-state index in [0.29, 0.717) is 5.56 Å². The van der Waals surface area contributed by atoms with E-state index in [2.05, 4.69) is 137 Å². The summed E-state index contributed by atoms with van der Waals surface area (Å²) >= 11 is 0. The summed E-state index contributed by atoms with van der Waals surface area (Å²) in [6.07, 6.45) is 0. The Kier molecular flexibility index (Phi) is 5.44. The second-order valence-corrected chi connectivity index (χ2v) is 12.6. The molecule has 0 amide bonds. The molecular weight excluding hydrogens is 605 g/mol. The number of rotatable bonds is 5. The van der Waals surface area contributed by atoms with Crippen LogP contribution in [0.1, 0.15) is 6.85 Å². The molecule has 0 spiro atoms. The van der Waals surface area contributed by atoms with Gasteiger partial charge < -0.3 is 9.13 Å². The van der Waals surface area contributed by atoms with Gasteiger partial charge in [-0.1, -0.05) is 139 Å². The van der Waals surface area contributed by atoms with E-state index in [1.54, 1.807) is 0 Å². The van der Waals surface area contributed by atoms with E-state index >= 15 is 0 Å². The van der Waals surface area contributed by atoms with Crippen molar-refractivity contribution in [2.45, 2.75) is 0 Å². The summed E-state index contributed by atoms with van der Waals surface area (Å²) in [5.74, 6) is 0. The largest absolute Gasteiger partial charge is 0.309 e. The predicted molar refractivity (Wildman–Crippen MR) is 211 cm³/mol. The topological polar surface area (TPSA) is 9.86 Å². The fraction of sp³-hybridized carbons (Fsp3) is 0. The van der Waals surface area contributed by atoms with Gasteiger partial charge in [0, 0.05) is 32.9 Å². The lowest BCUT2D eigenvalue weighted by molar-refractivity contribution is 1.17. The maximum Gasteiger partial charge on any atom is 0.0629 e. The van der Waals surface area contributed by atoms with Gasteiger partial charge in [-0.3, -0.25) is 0 Å². The average Bonchev–Trinajstić information content (AvgIpc) is 3.74. The van der Waals surface area contributed by atoms with Crippen molar-refractivity contribution >= 4 is 43.6 Å². The van der Waals surface area contributed by atoms with Crippen molar-refractivity contribution in [2.24, 2.45) is 0 Å². The van der Waals surface area contributed by atoms with Crippen LogP contribution in [-0.2, 0) is 0 Å². The van der Waals surface area contributed by atoms with Crippen LogP contribution in [0.3, 0.4) is 0 Å². The lowest BCUT2D eigenvalue weighted by Gasteiger charge is -2.11. The summed E-state index contributed by atoms with van der Waals surface area (Å²) in [6.45, 7) is 0. The molecule has 10 aromatic rings. The Morgan fingerprint density at radius 1 is 0.300 bits per heavy atom. The van der Waals surface area contributed by atoms with Crippen LogP contribution in [0.5, 0.6) is 0 Å². The van der Waals surface area contributed by atoms with E-state index < -0.39 is 6.04 Å². The molecule has 0 aliphatic rings. The number of nitrogens with zero attached hydrogens (tertiary/aromatic N) is 2. The molecule has 0 fully saturated rings. The molecule has 0 unspecified atom stereocenters. The maximum atomic E-state index is 8.50. The third kappa shape index (κ3) is 4.57. The van der Waals surface area contributed by atoms with Crippen LogP contribution in [0, 0.1) is 0 Å². The van der Waals surface area contributed by atoms with Crippen LogP contribution >= 0.6 is 0 Å². The Morgan fingerprint density at radius 2 is 0.740 bits per heavy atom. The zero-order valence-electron chi connectivity index (χ0n) is 32.0. The number of fused-ring (bicyclic) bond motifs is 6. The molecule has 8 aromatic carbocycles. The number of hydrogen-bond donors (Lipinski definition) is 0. The van der Waals surface area contributed by atoms with Gasteiger partial charge in [0.1, 0.15) is 0 Å². The van der Waals surface area contributed by atoms with Crippen molar-refractivity contribution < 1.29 is 6.85 Å². The fourth-order valence-electron chi connectivity index (χ4n) is 7.47. The number of hydrogen-bond acceptors (Lipinski definition) is 0. The van der Waals surface area contributed by atoms with Gasteiger partial charge in [-0.25, -0.2) is 0 Å². The van der Waals surface area contributed by atoms with E-state index in [1.165, 1.54) is 16.7 Å². The first kappa shape index (κ1) is 23.6. The lowest BCUT2D eigenvalue weighted by atomic mass is 9.99. The standard InChI is InChI=1S/C48H32N2/c1-3-12-33(13-4-1)35-22-26-39(27-23-35)49-45-20-9-7-18-41(45)43-32-48-44(31-47(43)49)42-19-8-10-21-46(42)50(48)40-28-24-36(25-29-40)38-17-11-16-37(30-38)34-14-5-2-6-15-34/h1-32H/i1D,3D,4D,12D,13D. The molecule has 0 saturated heterocycles. The summed E-state index contributed by atoms with van der Waals surface area (Å²) in [7, 11) is 0. The maximum absolute atomic E-state index is 8.50. The Morgan fingerprint density at radius 3 is 1.28 bits per heavy atom. The molecule has 0 aliphatic carbocycles. The molecule has 234 valence electrons. The molecule has 0 saturated carbocycles. The molecule has 2 heterocycles. The summed E-state index contributed by atoms with van der Waals surface area (Å²) < 4.78 is 45.9. The number of aromatic nitrogens is 2. The van der Waals surface area contributed by atoms with Gasteiger partial charge >= 0.3 is 0 Å². The van der Waals surface area contributed by atoms with E-state index in [9.17, 15) is 0 Å². The smallest absolute Gasteiger partial charge is 0.0629 e. The minimum absolute atomic E-state index is 0.197. The van der Waals surface area contributed by atoms with Crippen LogP contribution in [-0.4, -0.2) is 9.13 Å². The third-order valence-electron chi connectivity index (χ3n) is 9.81. The molecule has 0 radical (unpaired) electrons. The highest BCUT2D eigenvalue weighted by atomic mass is 15.0. The number of benzene rings is 8. The quantitative estimate of drug-likeness (QED) is 0.177. The molecule has 50 heavy (non-hydrogen) atoms. The van der Waals surface area contributed by atoms with Crippen LogP contribution in [0.4, 0.5) is 0 Å². The van der Waals surface area contributed by atoms with Gasteiger partial charge in [-0.2, -0.15) is 0 Å². The van der Waals surface area contributed by atoms with Crippen LogP contribution in [0.25, 0.3) is 88.4 Å². The van der Waals surface area contributed by atoms with E-state index in [1.807, 2.05) is 36.4 Å². The first-order valence-electron chi connectivity index (χ1n) is 19.3. The van der Waals surface area contributed by atoms with Crippen molar-refractivity contribution in [3.63, 3.8) is 0 Å². The van der Waals surface area contributed by atoms with Crippen molar-refractivity contribution in [3.8, 4) is 44.8 Å². The molecule has 0 N–H and O–H groups in total. The zero-order chi connectivity index (χ0) is 37.4. The second-order valence-electron chi connectivity index (χ2n) is 12.6. The van der Waals surface area contributed by atoms with Gasteiger partial charge in [0.05, 0.1) is 28.9 Å². The van der Waals surface area contributed by atoms with E-state index in [4.69, 9.17) is 6.85 Å². The Bertz CT molecular complexity index is 3100. The first-order valence-corrected chi connectivity index (χ1v) is 16.8. The molecule has 0 bridgehead atoms. The van der Waals surface area contributed by atoms with Crippen molar-refractivity contribution in [2.75, 3.05) is 0 Å². The van der Waals surface area contributed by atoms with E-state index in [0.717, 1.165) is 60.5 Å². The lowest BCUT2D eigenvalue weighted by Crippen LogP contribution is -1.95. The predicted octanol–water partition coefficient (Wildman–Crippen LogP) is 12.9. The monoisotopic (exact) mass is 641 g/mol. The Hall–Kier alpha value is -6.64. The van der Waals surface area contributed by atoms with Crippen molar-refractivity contribution in [1.82, 2.24) is 9.13 Å². The summed E-state index contributed by atoms with van der Waals surface area (Å²) in [5.41, 5.74) is 11.8. The van der Waals surface area contributed by atoms with Gasteiger partial charge in [-0.05, 0) is 88.0 Å². The molecule has 10 rings (SSSR count). The highest BCUT2D eigenvalue weighted by Crippen LogP contribution is 2.40. The summed E-state index contributed by atoms with van der Waals surface area (Å²) in [5, 5.41) is 4.55. The average molecular weight is 642 g/mol. The third-order valence-corrected chi connectivity index (χ3v) is 9.81. The highest BCUT2D eigenvalue weighted by molar-refractivity contribution is 6.19. The van der Waals surface area contributed by atoms with Gasteiger partial charge in [0.15, 0.2) is 0 Å². The molecule has 2 aromatic heterocycles. The summed E-state index contributed by atoms with van der Waals surface area (Å²) in [6, 6.07) is 55.7. The van der Waals surface area contributed by atoms with Gasteiger partial charge in [0.25, 0.3) is 0 Å². The van der Waals surface area contributed by atoms with Crippen LogP contribution in [0.15, 0.2) is 194 Å². The molecule has 0 aliphatic heterocycles. The van der Waals surface area contributed by atoms with Crippen molar-refractivity contribution in [3.05, 3.63) is 194 Å². The molecule has 0 atom stereocenters. The fourth-order valence-corrected chi connectivity index (χ4v) is 7.47. The Labute approximate surface area is 297 Å². The first-order chi connectivity index (χ1) is 26.9. The zero-order valence-corrected chi connectivity index (χ0v) is 27.0. The summed E-state index contributed by atoms with van der Waals surface area (Å²) in [4.78, 5) is 0. The van der Waals surface area contributed by atoms with Gasteiger partial charge in [0.2, 0.25) is 0 Å². The SMILES string of the molecule is [2H]c1c([2H])c([2H])c(-c2ccc(-n3c4ccccc4c4cc5c(cc43)c3ccccc3n5-c3ccc(-c4cccc(-c5ccccc5)c4)cc3)cc2)c([2H])c1[2H]. The number of para-hydroxylation sites is 2. The van der Waals surface area contributed by atoms with Crippen LogP contribution in [0.2, 0.25) is 0 Å². The molecule has 2 heteroatoms. The van der Waals surface area contributed by atoms with Crippen molar-refractivity contribution in [1.29, 1.82) is 0 Å². The normalized spacial score (nSPS) is 13.0. The van der Waals surface area contributed by atoms with E-state index in [-0.39, 0.29) is 29.7 Å². The van der Waals surface area contributed by atoms with Gasteiger partial charge in [-0.15, -0.1) is 0 Å². The molecule has 2 nitrogen and oxygen atoms in total. The minimum Gasteiger partial charge on any atom is -0.309 e.